The fraction of sp³-hybridized carbons (Fsp3) is 0.118. The van der Waals surface area contributed by atoms with Gasteiger partial charge < -0.3 is 18.8 Å². The molecule has 3 aromatic rings. The number of rotatable bonds is 6. The van der Waals surface area contributed by atoms with E-state index in [2.05, 4.69) is 4.98 Å². The summed E-state index contributed by atoms with van der Waals surface area (Å²) in [5.74, 6) is -0.396. The zero-order chi connectivity index (χ0) is 16.9. The van der Waals surface area contributed by atoms with E-state index in [9.17, 15) is 9.59 Å². The summed E-state index contributed by atoms with van der Waals surface area (Å²) in [6.45, 7) is 0.428. The van der Waals surface area contributed by atoms with E-state index in [4.69, 9.17) is 13.9 Å². The number of carbonyl (C=O) groups excluding carboxylic acids is 1. The second-order valence-electron chi connectivity index (χ2n) is 5.03. The molecule has 0 aliphatic carbocycles. The minimum absolute atomic E-state index is 0.0491. The van der Waals surface area contributed by atoms with Gasteiger partial charge in [-0.2, -0.15) is 0 Å². The van der Waals surface area contributed by atoms with E-state index in [0.29, 0.717) is 11.5 Å². The van der Waals surface area contributed by atoms with Crippen LogP contribution in [0.15, 0.2) is 63.8 Å². The molecule has 0 aliphatic heterocycles. The number of pyridine rings is 1. The third-order valence-corrected chi connectivity index (χ3v) is 3.33. The number of hydrogen-bond donors (Lipinski definition) is 1. The van der Waals surface area contributed by atoms with Crippen molar-refractivity contribution in [1.29, 1.82) is 0 Å². The standard InChI is InChI=1S/C17H14N2O5/c20-16(14-6-1-7-15(18-14)17(21)22)19(10-12-4-2-8-23-12)11-13-5-3-9-24-13/h1-9H,10-11H2,(H,21,22). The highest BCUT2D eigenvalue weighted by Crippen LogP contribution is 2.14. The van der Waals surface area contributed by atoms with Crippen LogP contribution in [0.2, 0.25) is 0 Å². The topological polar surface area (TPSA) is 96.8 Å². The Kier molecular flexibility index (Phi) is 4.42. The second kappa shape index (κ2) is 6.82. The maximum atomic E-state index is 12.8. The van der Waals surface area contributed by atoms with Crippen LogP contribution in [-0.4, -0.2) is 26.9 Å². The summed E-state index contributed by atoms with van der Waals surface area (Å²) in [6, 6.07) is 11.3. The maximum Gasteiger partial charge on any atom is 0.354 e. The van der Waals surface area contributed by atoms with Gasteiger partial charge in [-0.05, 0) is 36.4 Å². The third kappa shape index (κ3) is 3.52. The first-order valence-corrected chi connectivity index (χ1v) is 7.18. The fourth-order valence-corrected chi connectivity index (χ4v) is 2.22. The van der Waals surface area contributed by atoms with Gasteiger partial charge in [0.2, 0.25) is 0 Å². The molecule has 1 amide bonds. The summed E-state index contributed by atoms with van der Waals surface area (Å²) in [7, 11) is 0. The predicted octanol–water partition coefficient (Wildman–Crippen LogP) is 2.81. The average molecular weight is 326 g/mol. The highest BCUT2D eigenvalue weighted by molar-refractivity contribution is 5.94. The van der Waals surface area contributed by atoms with Crippen molar-refractivity contribution in [1.82, 2.24) is 9.88 Å². The van der Waals surface area contributed by atoms with E-state index in [0.717, 1.165) is 0 Å². The number of hydrogen-bond acceptors (Lipinski definition) is 5. The quantitative estimate of drug-likeness (QED) is 0.748. The van der Waals surface area contributed by atoms with E-state index in [1.807, 2.05) is 0 Å². The van der Waals surface area contributed by atoms with E-state index >= 15 is 0 Å². The molecular weight excluding hydrogens is 312 g/mol. The van der Waals surface area contributed by atoms with Crippen molar-refractivity contribution in [3.05, 3.63) is 77.9 Å². The number of carboxylic acids is 1. The van der Waals surface area contributed by atoms with E-state index in [1.54, 1.807) is 24.3 Å². The molecule has 3 rings (SSSR count). The van der Waals surface area contributed by atoms with Gasteiger partial charge in [-0.3, -0.25) is 4.79 Å². The van der Waals surface area contributed by atoms with Crippen LogP contribution in [0.3, 0.4) is 0 Å². The lowest BCUT2D eigenvalue weighted by atomic mass is 10.2. The van der Waals surface area contributed by atoms with Crippen molar-refractivity contribution in [2.24, 2.45) is 0 Å². The summed E-state index contributed by atoms with van der Waals surface area (Å²) >= 11 is 0. The smallest absolute Gasteiger partial charge is 0.354 e. The number of aromatic nitrogens is 1. The van der Waals surface area contributed by atoms with Crippen LogP contribution in [0.1, 0.15) is 32.5 Å². The number of nitrogens with zero attached hydrogens (tertiary/aromatic N) is 2. The highest BCUT2D eigenvalue weighted by atomic mass is 16.4. The molecule has 0 atom stereocenters. The van der Waals surface area contributed by atoms with Gasteiger partial charge in [0.1, 0.15) is 22.9 Å². The Morgan fingerprint density at radius 3 is 2.00 bits per heavy atom. The molecule has 0 aliphatic rings. The fourth-order valence-electron chi connectivity index (χ4n) is 2.22. The Bertz CT molecular complexity index is 788. The van der Waals surface area contributed by atoms with Gasteiger partial charge >= 0.3 is 5.97 Å². The number of carboxylic acid groups (broad SMARTS) is 1. The Morgan fingerprint density at radius 2 is 1.50 bits per heavy atom. The molecular formula is C17H14N2O5. The van der Waals surface area contributed by atoms with Crippen molar-refractivity contribution >= 4 is 11.9 Å². The lowest BCUT2D eigenvalue weighted by Gasteiger charge is -2.20. The molecule has 24 heavy (non-hydrogen) atoms. The second-order valence-corrected chi connectivity index (χ2v) is 5.03. The van der Waals surface area contributed by atoms with Crippen LogP contribution >= 0.6 is 0 Å². The molecule has 0 saturated carbocycles. The van der Waals surface area contributed by atoms with Crippen molar-refractivity contribution in [3.63, 3.8) is 0 Å². The van der Waals surface area contributed by atoms with Crippen LogP contribution in [0.5, 0.6) is 0 Å². The van der Waals surface area contributed by atoms with Crippen LogP contribution < -0.4 is 0 Å². The summed E-state index contributed by atoms with van der Waals surface area (Å²) in [5.41, 5.74) is -0.134. The third-order valence-electron chi connectivity index (χ3n) is 3.33. The molecule has 0 radical (unpaired) electrons. The molecule has 7 nitrogen and oxygen atoms in total. The average Bonchev–Trinajstić information content (AvgIpc) is 3.27. The molecule has 1 N–H and O–H groups in total. The van der Waals surface area contributed by atoms with Gasteiger partial charge in [-0.15, -0.1) is 0 Å². The normalized spacial score (nSPS) is 10.5. The number of furan rings is 2. The molecule has 0 aromatic carbocycles. The summed E-state index contributed by atoms with van der Waals surface area (Å²) in [4.78, 5) is 29.2. The summed E-state index contributed by atoms with van der Waals surface area (Å²) in [6.07, 6.45) is 3.04. The SMILES string of the molecule is O=C(O)c1cccc(C(=O)N(Cc2ccco2)Cc2ccco2)n1. The Hall–Kier alpha value is -3.35. The molecule has 0 bridgehead atoms. The van der Waals surface area contributed by atoms with Gasteiger partial charge in [-0.25, -0.2) is 9.78 Å². The number of carbonyl (C=O) groups is 2. The monoisotopic (exact) mass is 326 g/mol. The lowest BCUT2D eigenvalue weighted by molar-refractivity contribution is 0.0685. The highest BCUT2D eigenvalue weighted by Gasteiger charge is 2.21. The molecule has 0 fully saturated rings. The summed E-state index contributed by atoms with van der Waals surface area (Å²) < 4.78 is 10.6. The van der Waals surface area contributed by atoms with Gasteiger partial charge in [0.15, 0.2) is 0 Å². The van der Waals surface area contributed by atoms with Gasteiger partial charge in [-0.1, -0.05) is 6.07 Å². The Labute approximate surface area is 137 Å². The van der Waals surface area contributed by atoms with Crippen LogP contribution in [-0.2, 0) is 13.1 Å². The van der Waals surface area contributed by atoms with Gasteiger partial charge in [0.05, 0.1) is 25.6 Å². The Balaban J connectivity index is 1.87. The first kappa shape index (κ1) is 15.5. The van der Waals surface area contributed by atoms with Crippen LogP contribution in [0.4, 0.5) is 0 Å². The van der Waals surface area contributed by atoms with Crippen molar-refractivity contribution in [2.75, 3.05) is 0 Å². The Morgan fingerprint density at radius 1 is 0.917 bits per heavy atom. The minimum atomic E-state index is -1.19. The number of aromatic carboxylic acids is 1. The molecule has 122 valence electrons. The molecule has 0 unspecified atom stereocenters. The van der Waals surface area contributed by atoms with Crippen molar-refractivity contribution < 1.29 is 23.5 Å². The largest absolute Gasteiger partial charge is 0.477 e. The van der Waals surface area contributed by atoms with E-state index in [-0.39, 0.29) is 24.5 Å². The minimum Gasteiger partial charge on any atom is -0.477 e. The van der Waals surface area contributed by atoms with E-state index < -0.39 is 11.9 Å². The first-order valence-electron chi connectivity index (χ1n) is 7.18. The van der Waals surface area contributed by atoms with Crippen LogP contribution in [0.25, 0.3) is 0 Å². The lowest BCUT2D eigenvalue weighted by Crippen LogP contribution is -2.30. The van der Waals surface area contributed by atoms with Crippen molar-refractivity contribution in [3.8, 4) is 0 Å². The van der Waals surface area contributed by atoms with Gasteiger partial charge in [0.25, 0.3) is 5.91 Å². The molecule has 3 aromatic heterocycles. The van der Waals surface area contributed by atoms with Crippen molar-refractivity contribution in [2.45, 2.75) is 13.1 Å². The predicted molar refractivity (Wildman–Crippen MR) is 82.2 cm³/mol. The van der Waals surface area contributed by atoms with Crippen LogP contribution in [0, 0.1) is 0 Å². The van der Waals surface area contributed by atoms with Gasteiger partial charge in [0, 0.05) is 0 Å². The molecule has 7 heteroatoms. The molecule has 0 spiro atoms. The number of amides is 1. The zero-order valence-electron chi connectivity index (χ0n) is 12.6. The molecule has 0 saturated heterocycles. The summed E-state index contributed by atoms with van der Waals surface area (Å²) in [5, 5.41) is 9.03. The van der Waals surface area contributed by atoms with E-state index in [1.165, 1.54) is 35.6 Å². The first-order chi connectivity index (χ1) is 11.6. The maximum absolute atomic E-state index is 12.8. The molecule has 3 heterocycles. The zero-order valence-corrected chi connectivity index (χ0v) is 12.6.